The van der Waals surface area contributed by atoms with Gasteiger partial charge in [0.05, 0.1) is 25.0 Å². The molecule has 0 aliphatic rings. The van der Waals surface area contributed by atoms with E-state index in [1.807, 2.05) is 0 Å². The number of rotatable bonds is 4. The van der Waals surface area contributed by atoms with Crippen LogP contribution in [-0.2, 0) is 11.3 Å². The Hall–Kier alpha value is -0.920. The number of anilines is 1. The van der Waals surface area contributed by atoms with Crippen LogP contribution in [0.25, 0.3) is 0 Å². The summed E-state index contributed by atoms with van der Waals surface area (Å²) in [5, 5.41) is 3.90. The number of ether oxygens (including phenoxy) is 1. The summed E-state index contributed by atoms with van der Waals surface area (Å²) in [5.74, 6) is 5.18. The van der Waals surface area contributed by atoms with Gasteiger partial charge in [-0.05, 0) is 15.9 Å². The van der Waals surface area contributed by atoms with Gasteiger partial charge in [-0.1, -0.05) is 0 Å². The van der Waals surface area contributed by atoms with Crippen molar-refractivity contribution < 1.29 is 4.74 Å². The van der Waals surface area contributed by atoms with Crippen molar-refractivity contribution in [3.8, 4) is 0 Å². The molecule has 14 heavy (non-hydrogen) atoms. The number of aromatic nitrogens is 2. The van der Waals surface area contributed by atoms with E-state index in [4.69, 9.17) is 10.6 Å². The Bertz CT molecular complexity index is 365. The molecular formula is C7H11BrN4O2. The molecule has 6 nitrogen and oxygen atoms in total. The number of nitrogen functional groups attached to an aromatic ring is 1. The average Bonchev–Trinajstić information content (AvgIpc) is 2.20. The minimum absolute atomic E-state index is 0.238. The zero-order valence-electron chi connectivity index (χ0n) is 7.66. The van der Waals surface area contributed by atoms with Gasteiger partial charge in [-0.25, -0.2) is 4.68 Å². The summed E-state index contributed by atoms with van der Waals surface area (Å²) < 4.78 is 6.51. The Morgan fingerprint density at radius 2 is 2.50 bits per heavy atom. The van der Waals surface area contributed by atoms with Gasteiger partial charge in [-0.2, -0.15) is 5.10 Å². The lowest BCUT2D eigenvalue weighted by Gasteiger charge is -2.06. The topological polar surface area (TPSA) is 82.2 Å². The summed E-state index contributed by atoms with van der Waals surface area (Å²) >= 11 is 3.13. The molecule has 0 aromatic carbocycles. The Morgan fingerprint density at radius 3 is 3.07 bits per heavy atom. The molecule has 1 rings (SSSR count). The van der Waals surface area contributed by atoms with Crippen LogP contribution in [0.1, 0.15) is 0 Å². The maximum atomic E-state index is 11.6. The summed E-state index contributed by atoms with van der Waals surface area (Å²) in [6.45, 7) is 0.855. The van der Waals surface area contributed by atoms with Crippen LogP contribution in [0.15, 0.2) is 15.5 Å². The third-order valence-electron chi connectivity index (χ3n) is 1.65. The molecule has 3 N–H and O–H groups in total. The minimum atomic E-state index is -0.238. The molecule has 0 fully saturated rings. The van der Waals surface area contributed by atoms with Crippen molar-refractivity contribution in [2.45, 2.75) is 6.54 Å². The number of nitrogens with two attached hydrogens (primary N) is 1. The van der Waals surface area contributed by atoms with E-state index >= 15 is 0 Å². The normalized spacial score (nSPS) is 10.2. The summed E-state index contributed by atoms with van der Waals surface area (Å²) in [7, 11) is 1.57. The lowest BCUT2D eigenvalue weighted by atomic mass is 10.5. The van der Waals surface area contributed by atoms with Gasteiger partial charge in [0.2, 0.25) is 0 Å². The highest BCUT2D eigenvalue weighted by Gasteiger charge is 2.06. The van der Waals surface area contributed by atoms with Crippen molar-refractivity contribution in [2.24, 2.45) is 5.84 Å². The molecule has 0 saturated carbocycles. The Labute approximate surface area is 89.1 Å². The van der Waals surface area contributed by atoms with E-state index in [0.29, 0.717) is 23.3 Å². The second-order valence-electron chi connectivity index (χ2n) is 2.54. The Morgan fingerprint density at radius 1 is 1.79 bits per heavy atom. The SMILES string of the molecule is COCCn1ncc(NN)c(Br)c1=O. The molecule has 0 radical (unpaired) electrons. The zero-order valence-corrected chi connectivity index (χ0v) is 9.24. The fourth-order valence-corrected chi connectivity index (χ4v) is 1.32. The molecule has 1 aromatic rings. The largest absolute Gasteiger partial charge is 0.383 e. The predicted octanol–water partition coefficient (Wildman–Crippen LogP) is -0.0622. The van der Waals surface area contributed by atoms with Gasteiger partial charge >= 0.3 is 0 Å². The van der Waals surface area contributed by atoms with Gasteiger partial charge < -0.3 is 10.2 Å². The molecule has 0 bridgehead atoms. The third kappa shape index (κ3) is 2.31. The Kier molecular flexibility index (Phi) is 4.05. The highest BCUT2D eigenvalue weighted by Crippen LogP contribution is 2.13. The predicted molar refractivity (Wildman–Crippen MR) is 55.9 cm³/mol. The van der Waals surface area contributed by atoms with Gasteiger partial charge in [0, 0.05) is 7.11 Å². The molecular weight excluding hydrogens is 252 g/mol. The first-order chi connectivity index (χ1) is 6.70. The second kappa shape index (κ2) is 5.08. The fraction of sp³-hybridized carbons (Fsp3) is 0.429. The highest BCUT2D eigenvalue weighted by molar-refractivity contribution is 9.10. The summed E-state index contributed by atoms with van der Waals surface area (Å²) in [4.78, 5) is 11.6. The van der Waals surface area contributed by atoms with Crippen LogP contribution < -0.4 is 16.8 Å². The molecule has 0 spiro atoms. The molecule has 1 heterocycles. The molecule has 0 amide bonds. The molecule has 1 aromatic heterocycles. The van der Waals surface area contributed by atoms with E-state index in [9.17, 15) is 4.79 Å². The summed E-state index contributed by atoms with van der Waals surface area (Å²) in [6, 6.07) is 0. The number of methoxy groups -OCH3 is 1. The first-order valence-corrected chi connectivity index (χ1v) is 4.71. The number of nitrogens with one attached hydrogen (secondary N) is 1. The highest BCUT2D eigenvalue weighted by atomic mass is 79.9. The van der Waals surface area contributed by atoms with Gasteiger partial charge in [-0.15, -0.1) is 0 Å². The van der Waals surface area contributed by atoms with E-state index in [2.05, 4.69) is 26.5 Å². The average molecular weight is 263 g/mol. The van der Waals surface area contributed by atoms with E-state index in [-0.39, 0.29) is 5.56 Å². The lowest BCUT2D eigenvalue weighted by Crippen LogP contribution is -2.27. The van der Waals surface area contributed by atoms with Crippen LogP contribution in [0.4, 0.5) is 5.69 Å². The van der Waals surface area contributed by atoms with Crippen LogP contribution in [0, 0.1) is 0 Å². The van der Waals surface area contributed by atoms with Crippen molar-refractivity contribution in [1.82, 2.24) is 9.78 Å². The lowest BCUT2D eigenvalue weighted by molar-refractivity contribution is 0.181. The number of hydrazine groups is 1. The standard InChI is InChI=1S/C7H11BrN4O2/c1-14-3-2-12-7(13)6(8)5(11-9)4-10-12/h4,11H,2-3,9H2,1H3. The molecule has 0 aliphatic carbocycles. The molecule has 0 aliphatic heterocycles. The monoisotopic (exact) mass is 262 g/mol. The van der Waals surface area contributed by atoms with Crippen LogP contribution in [0.5, 0.6) is 0 Å². The van der Waals surface area contributed by atoms with Crippen molar-refractivity contribution in [3.63, 3.8) is 0 Å². The maximum absolute atomic E-state index is 11.6. The van der Waals surface area contributed by atoms with Crippen molar-refractivity contribution in [2.75, 3.05) is 19.1 Å². The number of nitrogens with zero attached hydrogens (tertiary/aromatic N) is 2. The van der Waals surface area contributed by atoms with Crippen LogP contribution in [-0.4, -0.2) is 23.5 Å². The quantitative estimate of drug-likeness (QED) is 0.587. The van der Waals surface area contributed by atoms with Crippen molar-refractivity contribution in [1.29, 1.82) is 0 Å². The summed E-state index contributed by atoms with van der Waals surface area (Å²) in [5.41, 5.74) is 2.59. The van der Waals surface area contributed by atoms with Crippen molar-refractivity contribution >= 4 is 21.6 Å². The van der Waals surface area contributed by atoms with Crippen LogP contribution >= 0.6 is 15.9 Å². The molecule has 78 valence electrons. The second-order valence-corrected chi connectivity index (χ2v) is 3.33. The van der Waals surface area contributed by atoms with Gasteiger partial charge in [-0.3, -0.25) is 10.6 Å². The number of hydrogen-bond acceptors (Lipinski definition) is 5. The van der Waals surface area contributed by atoms with Crippen LogP contribution in [0.2, 0.25) is 0 Å². The van der Waals surface area contributed by atoms with E-state index in [1.54, 1.807) is 7.11 Å². The molecule has 7 heteroatoms. The van der Waals surface area contributed by atoms with E-state index in [1.165, 1.54) is 10.9 Å². The number of hydrogen-bond donors (Lipinski definition) is 2. The first kappa shape index (κ1) is 11.2. The fourth-order valence-electron chi connectivity index (χ4n) is 0.903. The van der Waals surface area contributed by atoms with Crippen molar-refractivity contribution in [3.05, 3.63) is 21.0 Å². The van der Waals surface area contributed by atoms with Crippen LogP contribution in [0.3, 0.4) is 0 Å². The van der Waals surface area contributed by atoms with E-state index < -0.39 is 0 Å². The molecule has 0 unspecified atom stereocenters. The molecule has 0 saturated heterocycles. The Balaban J connectivity index is 2.99. The zero-order chi connectivity index (χ0) is 10.6. The van der Waals surface area contributed by atoms with E-state index in [0.717, 1.165) is 0 Å². The maximum Gasteiger partial charge on any atom is 0.283 e. The van der Waals surface area contributed by atoms with Gasteiger partial charge in [0.25, 0.3) is 5.56 Å². The first-order valence-electron chi connectivity index (χ1n) is 3.92. The third-order valence-corrected chi connectivity index (χ3v) is 2.41. The van der Waals surface area contributed by atoms with Gasteiger partial charge in [0.15, 0.2) is 0 Å². The summed E-state index contributed by atoms with van der Waals surface area (Å²) in [6.07, 6.45) is 1.47. The molecule has 0 atom stereocenters. The smallest absolute Gasteiger partial charge is 0.283 e. The van der Waals surface area contributed by atoms with Gasteiger partial charge in [0.1, 0.15) is 4.47 Å². The number of halogens is 1. The minimum Gasteiger partial charge on any atom is -0.383 e.